The van der Waals surface area contributed by atoms with Gasteiger partial charge in [-0.1, -0.05) is 11.8 Å². The highest BCUT2D eigenvalue weighted by molar-refractivity contribution is 8.00. The van der Waals surface area contributed by atoms with E-state index in [-0.39, 0.29) is 37.6 Å². The van der Waals surface area contributed by atoms with Crippen molar-refractivity contribution in [1.29, 1.82) is 0 Å². The molecule has 0 aromatic carbocycles. The van der Waals surface area contributed by atoms with Gasteiger partial charge in [0.15, 0.2) is 11.4 Å². The van der Waals surface area contributed by atoms with Gasteiger partial charge in [0.2, 0.25) is 5.82 Å². The van der Waals surface area contributed by atoms with Crippen molar-refractivity contribution in [2.24, 2.45) is 0 Å². The number of halogens is 8. The lowest BCUT2D eigenvalue weighted by Gasteiger charge is -2.18. The molecule has 0 saturated heterocycles. The Morgan fingerprint density at radius 2 is 1.78 bits per heavy atom. The molecular formula is C19H13F8N5O2S2. The van der Waals surface area contributed by atoms with Crippen molar-refractivity contribution in [1.82, 2.24) is 25.1 Å². The van der Waals surface area contributed by atoms with Crippen molar-refractivity contribution in [2.45, 2.75) is 48.7 Å². The molecule has 3 aromatic rings. The minimum atomic E-state index is -6.06. The second-order valence-electron chi connectivity index (χ2n) is 7.66. The van der Waals surface area contributed by atoms with Crippen molar-refractivity contribution in [2.75, 3.05) is 5.75 Å². The van der Waals surface area contributed by atoms with E-state index in [4.69, 9.17) is 0 Å². The van der Waals surface area contributed by atoms with Crippen molar-refractivity contribution < 1.29 is 44.7 Å². The number of hydrogen-bond acceptors (Lipinski definition) is 7. The summed E-state index contributed by atoms with van der Waals surface area (Å²) < 4.78 is 104. The minimum Gasteiger partial charge on any atom is -0.346 e. The van der Waals surface area contributed by atoms with E-state index in [1.165, 1.54) is 28.3 Å². The summed E-state index contributed by atoms with van der Waals surface area (Å²) in [5.41, 5.74) is -0.163. The summed E-state index contributed by atoms with van der Waals surface area (Å²) >= 11 is 1.45. The molecule has 3 aromatic heterocycles. The van der Waals surface area contributed by atoms with E-state index in [0.717, 1.165) is 35.9 Å². The maximum Gasteiger partial charge on any atom is 0.463 e. The third-order valence-electron chi connectivity index (χ3n) is 4.88. The van der Waals surface area contributed by atoms with Gasteiger partial charge in [-0.2, -0.15) is 40.2 Å². The Labute approximate surface area is 204 Å². The molecule has 194 valence electrons. The highest BCUT2D eigenvalue weighted by atomic mass is 32.2. The molecular weight excluding hydrogens is 546 g/mol. The first kappa shape index (κ1) is 26.2. The van der Waals surface area contributed by atoms with E-state index in [1.807, 2.05) is 0 Å². The minimum absolute atomic E-state index is 0.0596. The Bertz CT molecular complexity index is 1310. The number of fused-ring (bicyclic) bond motifs is 1. The lowest BCUT2D eigenvalue weighted by atomic mass is 10.3. The molecule has 1 N–H and O–H groups in total. The molecule has 1 amide bonds. The van der Waals surface area contributed by atoms with Crippen LogP contribution < -0.4 is 5.32 Å². The van der Waals surface area contributed by atoms with Crippen LogP contribution in [0, 0.1) is 0 Å². The molecule has 3 heterocycles. The second-order valence-corrected chi connectivity index (χ2v) is 9.79. The number of rotatable bonds is 8. The molecule has 17 heteroatoms. The third-order valence-corrected chi connectivity index (χ3v) is 6.99. The maximum absolute atomic E-state index is 13.2. The summed E-state index contributed by atoms with van der Waals surface area (Å²) in [5.74, 6) is -10.4. The van der Waals surface area contributed by atoms with Crippen LogP contribution in [0.25, 0.3) is 11.0 Å². The van der Waals surface area contributed by atoms with Crippen molar-refractivity contribution >= 4 is 45.8 Å². The maximum atomic E-state index is 13.2. The molecule has 1 saturated carbocycles. The molecule has 1 aliphatic carbocycles. The normalized spacial score (nSPS) is 14.9. The Morgan fingerprint density at radius 1 is 1.08 bits per heavy atom. The van der Waals surface area contributed by atoms with Crippen LogP contribution in [-0.2, 0) is 17.5 Å². The van der Waals surface area contributed by atoms with Crippen molar-refractivity contribution in [3.8, 4) is 0 Å². The number of thioether (sulfide) groups is 1. The van der Waals surface area contributed by atoms with Crippen LogP contribution in [0.5, 0.6) is 0 Å². The predicted molar refractivity (Wildman–Crippen MR) is 111 cm³/mol. The van der Waals surface area contributed by atoms with E-state index in [2.05, 4.69) is 15.1 Å². The average Bonchev–Trinajstić information content (AvgIpc) is 3.36. The Kier molecular flexibility index (Phi) is 6.74. The van der Waals surface area contributed by atoms with Crippen molar-refractivity contribution in [3.05, 3.63) is 33.9 Å². The van der Waals surface area contributed by atoms with Crippen LogP contribution >= 0.6 is 23.1 Å². The van der Waals surface area contributed by atoms with E-state index >= 15 is 0 Å². The fourth-order valence-corrected chi connectivity index (χ4v) is 4.75. The van der Waals surface area contributed by atoms with Gasteiger partial charge in [0.25, 0.3) is 0 Å². The monoisotopic (exact) mass is 559 g/mol. The van der Waals surface area contributed by atoms with Gasteiger partial charge in [0, 0.05) is 11.1 Å². The number of Topliss-reactive ketones (excluding diaryl/α,β-unsaturated/α-hetero) is 1. The largest absolute Gasteiger partial charge is 0.463 e. The molecule has 36 heavy (non-hydrogen) atoms. The number of alkyl halides is 8. The predicted octanol–water partition coefficient (Wildman–Crippen LogP) is 5.03. The van der Waals surface area contributed by atoms with Gasteiger partial charge in [0.05, 0.1) is 28.6 Å². The number of aromatic nitrogens is 4. The van der Waals surface area contributed by atoms with Gasteiger partial charge >= 0.3 is 24.2 Å². The van der Waals surface area contributed by atoms with E-state index in [9.17, 15) is 44.7 Å². The smallest absolute Gasteiger partial charge is 0.346 e. The number of ketones is 1. The summed E-state index contributed by atoms with van der Waals surface area (Å²) in [6, 6.07) is 2.58. The molecule has 4 rings (SSSR count). The summed E-state index contributed by atoms with van der Waals surface area (Å²) in [4.78, 5) is 30.9. The zero-order valence-corrected chi connectivity index (χ0v) is 19.2. The zero-order valence-electron chi connectivity index (χ0n) is 17.6. The van der Waals surface area contributed by atoms with E-state index in [1.54, 1.807) is 0 Å². The fourth-order valence-electron chi connectivity index (χ4n) is 2.90. The number of amides is 1. The van der Waals surface area contributed by atoms with Crippen LogP contribution in [0.3, 0.4) is 0 Å². The highest BCUT2D eigenvalue weighted by Crippen LogP contribution is 2.38. The Balaban J connectivity index is 1.44. The number of carbonyl (C=O) groups excluding carboxylic acids is 2. The lowest BCUT2D eigenvalue weighted by molar-refractivity contribution is -0.269. The van der Waals surface area contributed by atoms with Gasteiger partial charge in [-0.15, -0.1) is 11.3 Å². The SMILES string of the molecule is O=C(CSc1nc(C(F)(F)F)nc2nn(C3CC3)cc12)c1ccc(CNC(=O)C(F)(F)C(F)(F)F)s1. The molecule has 0 bridgehead atoms. The van der Waals surface area contributed by atoms with Crippen molar-refractivity contribution in [3.63, 3.8) is 0 Å². The van der Waals surface area contributed by atoms with Gasteiger partial charge < -0.3 is 5.32 Å². The Hall–Kier alpha value is -2.82. The van der Waals surface area contributed by atoms with E-state index in [0.29, 0.717) is 0 Å². The fraction of sp³-hybridized carbons (Fsp3) is 0.421. The van der Waals surface area contributed by atoms with Crippen LogP contribution in [0.4, 0.5) is 35.1 Å². The molecule has 7 nitrogen and oxygen atoms in total. The second kappa shape index (κ2) is 9.24. The quantitative estimate of drug-likeness (QED) is 0.180. The summed E-state index contributed by atoms with van der Waals surface area (Å²) in [7, 11) is 0. The first-order valence-electron chi connectivity index (χ1n) is 9.98. The van der Waals surface area contributed by atoms with Crippen LogP contribution in [0.1, 0.15) is 39.3 Å². The molecule has 0 atom stereocenters. The Morgan fingerprint density at radius 3 is 2.39 bits per heavy atom. The van der Waals surface area contributed by atoms with Crippen LogP contribution in [-0.4, -0.2) is 49.3 Å². The molecule has 0 aliphatic heterocycles. The molecule has 0 spiro atoms. The lowest BCUT2D eigenvalue weighted by Crippen LogP contribution is -2.50. The number of thiophene rings is 1. The van der Waals surface area contributed by atoms with Gasteiger partial charge in [-0.25, -0.2) is 9.97 Å². The third kappa shape index (κ3) is 5.45. The standard InChI is InChI=1S/C19H13F8N5O2S2/c20-17(21,19(25,26)27)16(34)28-5-9-3-4-12(36-9)11(33)7-35-14-10-6-32(8-1-2-8)31-13(10)29-15(30-14)18(22,23)24/h3-4,6,8H,1-2,5,7H2,(H,28,34). The number of nitrogens with one attached hydrogen (secondary N) is 1. The first-order valence-corrected chi connectivity index (χ1v) is 11.8. The van der Waals surface area contributed by atoms with E-state index < -0.39 is 42.3 Å². The molecule has 1 aliphatic rings. The first-order chi connectivity index (χ1) is 16.7. The molecule has 0 radical (unpaired) electrons. The summed E-state index contributed by atoms with van der Waals surface area (Å²) in [5, 5.41) is 5.68. The summed E-state index contributed by atoms with van der Waals surface area (Å²) in [6.45, 7) is -0.683. The summed E-state index contributed by atoms with van der Waals surface area (Å²) in [6.07, 6.45) is -7.74. The highest BCUT2D eigenvalue weighted by Gasteiger charge is 2.63. The number of hydrogen-bond donors (Lipinski definition) is 1. The molecule has 1 fully saturated rings. The molecule has 0 unspecified atom stereocenters. The number of carbonyl (C=O) groups is 2. The zero-order chi connectivity index (χ0) is 26.5. The van der Waals surface area contributed by atoms with Gasteiger partial charge in [0.1, 0.15) is 5.03 Å². The van der Waals surface area contributed by atoms with Gasteiger partial charge in [-0.3, -0.25) is 14.3 Å². The average molecular weight is 559 g/mol. The van der Waals surface area contributed by atoms with Crippen LogP contribution in [0.15, 0.2) is 23.4 Å². The topological polar surface area (TPSA) is 89.8 Å². The number of nitrogens with zero attached hydrogens (tertiary/aromatic N) is 4. The van der Waals surface area contributed by atoms with Gasteiger partial charge in [-0.05, 0) is 25.0 Å². The van der Waals surface area contributed by atoms with Crippen LogP contribution in [0.2, 0.25) is 0 Å².